The molecule has 2 N–H and O–H groups in total. The normalized spacial score (nSPS) is 13.5. The Morgan fingerprint density at radius 3 is 2.54 bits per heavy atom. The summed E-state index contributed by atoms with van der Waals surface area (Å²) < 4.78 is 26.7. The second-order valence-electron chi connectivity index (χ2n) is 6.46. The van der Waals surface area contributed by atoms with Crippen molar-refractivity contribution in [1.29, 1.82) is 0 Å². The molecule has 1 heterocycles. The smallest absolute Gasteiger partial charge is 0.258 e. The van der Waals surface area contributed by atoms with Gasteiger partial charge in [0.25, 0.3) is 11.5 Å². The Kier molecular flexibility index (Phi) is 4.03. The van der Waals surface area contributed by atoms with E-state index < -0.39 is 17.5 Å². The topological polar surface area (TPSA) is 62.0 Å². The zero-order valence-electron chi connectivity index (χ0n) is 13.9. The van der Waals surface area contributed by atoms with Gasteiger partial charge in [0.15, 0.2) is 0 Å². The fourth-order valence-electron chi connectivity index (χ4n) is 3.51. The van der Waals surface area contributed by atoms with E-state index in [1.165, 1.54) is 0 Å². The molecule has 0 unspecified atom stereocenters. The molecule has 132 valence electrons. The minimum absolute atomic E-state index is 0.0970. The molecule has 1 aromatic heterocycles. The molecule has 0 saturated heterocycles. The average Bonchev–Trinajstić information content (AvgIpc) is 2.61. The van der Waals surface area contributed by atoms with Gasteiger partial charge in [-0.25, -0.2) is 8.78 Å². The van der Waals surface area contributed by atoms with Crippen LogP contribution in [0.15, 0.2) is 41.2 Å². The lowest BCUT2D eigenvalue weighted by atomic mass is 9.90. The van der Waals surface area contributed by atoms with Crippen LogP contribution >= 0.6 is 0 Å². The number of amides is 1. The van der Waals surface area contributed by atoms with Crippen LogP contribution < -0.4 is 10.9 Å². The summed E-state index contributed by atoms with van der Waals surface area (Å²) in [6, 6.07) is 8.02. The van der Waals surface area contributed by atoms with E-state index in [1.807, 2.05) is 6.07 Å². The molecule has 4 rings (SSSR count). The van der Waals surface area contributed by atoms with Crippen LogP contribution in [0.2, 0.25) is 0 Å². The Bertz CT molecular complexity index is 1090. The van der Waals surface area contributed by atoms with Crippen LogP contribution in [0.5, 0.6) is 0 Å². The maximum atomic E-state index is 13.7. The Morgan fingerprint density at radius 1 is 1.00 bits per heavy atom. The fraction of sp³-hybridized carbons (Fsp3) is 0.200. The molecule has 0 atom stereocenters. The highest BCUT2D eigenvalue weighted by molar-refractivity contribution is 6.05. The van der Waals surface area contributed by atoms with Crippen LogP contribution in [0.4, 0.5) is 14.5 Å². The molecule has 3 aromatic rings. The number of rotatable bonds is 2. The maximum Gasteiger partial charge on any atom is 0.258 e. The molecular weight excluding hydrogens is 338 g/mol. The van der Waals surface area contributed by atoms with Crippen molar-refractivity contribution < 1.29 is 13.6 Å². The Hall–Kier alpha value is -3.02. The van der Waals surface area contributed by atoms with Gasteiger partial charge in [-0.05, 0) is 55.5 Å². The van der Waals surface area contributed by atoms with Gasteiger partial charge in [-0.1, -0.05) is 6.07 Å². The number of aromatic amines is 1. The molecule has 0 bridgehead atoms. The van der Waals surface area contributed by atoms with Crippen LogP contribution in [-0.2, 0) is 12.8 Å². The number of anilines is 1. The summed E-state index contributed by atoms with van der Waals surface area (Å²) in [5.41, 5.74) is 2.63. The Morgan fingerprint density at radius 2 is 1.77 bits per heavy atom. The number of aromatic nitrogens is 1. The van der Waals surface area contributed by atoms with Crippen molar-refractivity contribution in [2.24, 2.45) is 0 Å². The lowest BCUT2D eigenvalue weighted by Gasteiger charge is -2.17. The standard InChI is InChI=1S/C20H16F2N2O2/c21-11-5-7-16(17(22)9-11)20(26)23-12-6-8-14-13-3-1-2-4-15(13)19(25)24-18(14)10-12/h5-10H,1-4H2,(H,23,26)(H,24,25). The first-order valence-electron chi connectivity index (χ1n) is 8.47. The zero-order chi connectivity index (χ0) is 18.3. The van der Waals surface area contributed by atoms with Gasteiger partial charge in [-0.3, -0.25) is 9.59 Å². The third-order valence-corrected chi connectivity index (χ3v) is 4.77. The molecule has 0 radical (unpaired) electrons. The van der Waals surface area contributed by atoms with E-state index >= 15 is 0 Å². The number of hydrogen-bond acceptors (Lipinski definition) is 2. The number of aryl methyl sites for hydroxylation is 1. The summed E-state index contributed by atoms with van der Waals surface area (Å²) in [5.74, 6) is -2.35. The van der Waals surface area contributed by atoms with Crippen molar-refractivity contribution in [3.63, 3.8) is 0 Å². The summed E-state index contributed by atoms with van der Waals surface area (Å²) in [6.45, 7) is 0. The minimum atomic E-state index is -0.925. The summed E-state index contributed by atoms with van der Waals surface area (Å²) in [7, 11) is 0. The van der Waals surface area contributed by atoms with Crippen molar-refractivity contribution in [1.82, 2.24) is 4.98 Å². The SMILES string of the molecule is O=C(Nc1ccc2c3c(c(=O)[nH]c2c1)CCCC3)c1ccc(F)cc1F. The quantitative estimate of drug-likeness (QED) is 0.732. The molecule has 0 fully saturated rings. The molecule has 6 heteroatoms. The highest BCUT2D eigenvalue weighted by Gasteiger charge is 2.17. The molecule has 26 heavy (non-hydrogen) atoms. The number of benzene rings is 2. The van der Waals surface area contributed by atoms with E-state index in [2.05, 4.69) is 10.3 Å². The largest absolute Gasteiger partial charge is 0.322 e. The van der Waals surface area contributed by atoms with Crippen LogP contribution in [0.25, 0.3) is 10.9 Å². The Balaban J connectivity index is 1.69. The van der Waals surface area contributed by atoms with E-state index in [9.17, 15) is 18.4 Å². The first kappa shape index (κ1) is 16.4. The van der Waals surface area contributed by atoms with Gasteiger partial charge < -0.3 is 10.3 Å². The molecule has 1 amide bonds. The highest BCUT2D eigenvalue weighted by atomic mass is 19.1. The van der Waals surface area contributed by atoms with Gasteiger partial charge in [0.05, 0.1) is 11.1 Å². The van der Waals surface area contributed by atoms with Gasteiger partial charge >= 0.3 is 0 Å². The number of H-pyrrole nitrogens is 1. The van der Waals surface area contributed by atoms with Crippen molar-refractivity contribution in [2.45, 2.75) is 25.7 Å². The highest BCUT2D eigenvalue weighted by Crippen LogP contribution is 2.27. The van der Waals surface area contributed by atoms with Gasteiger partial charge in [0.2, 0.25) is 0 Å². The molecule has 1 aliphatic carbocycles. The number of fused-ring (bicyclic) bond motifs is 3. The van der Waals surface area contributed by atoms with Crippen molar-refractivity contribution in [3.05, 3.63) is 75.1 Å². The lowest BCUT2D eigenvalue weighted by Crippen LogP contribution is -2.19. The number of carbonyl (C=O) groups excluding carboxylic acids is 1. The minimum Gasteiger partial charge on any atom is -0.322 e. The van der Waals surface area contributed by atoms with Gasteiger partial charge in [0, 0.05) is 22.7 Å². The van der Waals surface area contributed by atoms with Crippen molar-refractivity contribution in [3.8, 4) is 0 Å². The Labute approximate surface area is 147 Å². The monoisotopic (exact) mass is 354 g/mol. The second-order valence-corrected chi connectivity index (χ2v) is 6.46. The molecule has 0 saturated carbocycles. The number of halogens is 2. The number of nitrogens with one attached hydrogen (secondary N) is 2. The van der Waals surface area contributed by atoms with Crippen LogP contribution in [0.1, 0.15) is 34.3 Å². The maximum absolute atomic E-state index is 13.7. The fourth-order valence-corrected chi connectivity index (χ4v) is 3.51. The average molecular weight is 354 g/mol. The zero-order valence-corrected chi connectivity index (χ0v) is 13.9. The first-order valence-corrected chi connectivity index (χ1v) is 8.47. The third kappa shape index (κ3) is 2.87. The van der Waals surface area contributed by atoms with E-state index in [1.54, 1.807) is 12.1 Å². The summed E-state index contributed by atoms with van der Waals surface area (Å²) in [4.78, 5) is 27.4. The van der Waals surface area contributed by atoms with Crippen molar-refractivity contribution >= 4 is 22.5 Å². The van der Waals surface area contributed by atoms with Gasteiger partial charge in [0.1, 0.15) is 11.6 Å². The van der Waals surface area contributed by atoms with Gasteiger partial charge in [-0.15, -0.1) is 0 Å². The third-order valence-electron chi connectivity index (χ3n) is 4.77. The summed E-state index contributed by atoms with van der Waals surface area (Å²) in [6.07, 6.45) is 3.71. The number of pyridine rings is 1. The second kappa shape index (κ2) is 6.37. The lowest BCUT2D eigenvalue weighted by molar-refractivity contribution is 0.102. The molecule has 0 spiro atoms. The van der Waals surface area contributed by atoms with Crippen molar-refractivity contribution in [2.75, 3.05) is 5.32 Å². The van der Waals surface area contributed by atoms with E-state index in [0.29, 0.717) is 17.3 Å². The van der Waals surface area contributed by atoms with Crippen LogP contribution in [0.3, 0.4) is 0 Å². The molecule has 4 nitrogen and oxygen atoms in total. The summed E-state index contributed by atoms with van der Waals surface area (Å²) >= 11 is 0. The predicted molar refractivity (Wildman–Crippen MR) is 95.5 cm³/mol. The van der Waals surface area contributed by atoms with Gasteiger partial charge in [-0.2, -0.15) is 0 Å². The number of carbonyl (C=O) groups is 1. The number of hydrogen-bond donors (Lipinski definition) is 2. The summed E-state index contributed by atoms with van der Waals surface area (Å²) in [5, 5.41) is 3.55. The first-order chi connectivity index (χ1) is 12.5. The molecular formula is C20H16F2N2O2. The molecule has 2 aromatic carbocycles. The molecule has 0 aliphatic heterocycles. The van der Waals surface area contributed by atoms with Crippen LogP contribution in [-0.4, -0.2) is 10.9 Å². The molecule has 1 aliphatic rings. The predicted octanol–water partition coefficient (Wildman–Crippen LogP) is 3.94. The van der Waals surface area contributed by atoms with Crippen LogP contribution in [0, 0.1) is 11.6 Å². The van der Waals surface area contributed by atoms with E-state index in [4.69, 9.17) is 0 Å². The van der Waals surface area contributed by atoms with E-state index in [-0.39, 0.29) is 11.1 Å². The van der Waals surface area contributed by atoms with E-state index in [0.717, 1.165) is 54.3 Å².